The van der Waals surface area contributed by atoms with Gasteiger partial charge in [-0.05, 0) is 60.0 Å². The van der Waals surface area contributed by atoms with Crippen molar-refractivity contribution in [2.45, 2.75) is 13.0 Å². The van der Waals surface area contributed by atoms with Crippen LogP contribution in [0.1, 0.15) is 21.6 Å². The molecule has 6 heteroatoms. The molecule has 0 radical (unpaired) electrons. The van der Waals surface area contributed by atoms with Gasteiger partial charge in [-0.3, -0.25) is 4.79 Å². The van der Waals surface area contributed by atoms with Crippen molar-refractivity contribution in [2.24, 2.45) is 7.05 Å². The van der Waals surface area contributed by atoms with Crippen LogP contribution >= 0.6 is 0 Å². The van der Waals surface area contributed by atoms with Crippen molar-refractivity contribution < 1.29 is 9.53 Å². The van der Waals surface area contributed by atoms with E-state index in [1.54, 1.807) is 11.8 Å². The molecule has 0 fully saturated rings. The Hall–Kier alpha value is -4.58. The van der Waals surface area contributed by atoms with Crippen LogP contribution in [0.2, 0.25) is 0 Å². The lowest BCUT2D eigenvalue weighted by Gasteiger charge is -2.23. The van der Waals surface area contributed by atoms with Gasteiger partial charge in [0, 0.05) is 26.3 Å². The van der Waals surface area contributed by atoms with Gasteiger partial charge in [0.15, 0.2) is 0 Å². The van der Waals surface area contributed by atoms with Gasteiger partial charge in [-0.15, -0.1) is 0 Å². The highest BCUT2D eigenvalue weighted by atomic mass is 16.5. The number of benzene rings is 3. The van der Waals surface area contributed by atoms with E-state index in [1.165, 1.54) is 5.56 Å². The lowest BCUT2D eigenvalue weighted by molar-refractivity contribution is 0.0736. The van der Waals surface area contributed by atoms with E-state index < -0.39 is 0 Å². The first-order valence-corrected chi connectivity index (χ1v) is 12.4. The van der Waals surface area contributed by atoms with Crippen LogP contribution in [0, 0.1) is 0 Å². The van der Waals surface area contributed by atoms with Crippen molar-refractivity contribution >= 4 is 5.91 Å². The number of methoxy groups -OCH3 is 1. The summed E-state index contributed by atoms with van der Waals surface area (Å²) in [4.78, 5) is 16.1. The molecule has 0 bridgehead atoms. The van der Waals surface area contributed by atoms with Crippen molar-refractivity contribution in [1.82, 2.24) is 19.2 Å². The molecule has 5 rings (SSSR count). The summed E-state index contributed by atoms with van der Waals surface area (Å²) in [6.07, 6.45) is 2.74. The lowest BCUT2D eigenvalue weighted by Crippen LogP contribution is -2.34. The molecule has 1 amide bonds. The van der Waals surface area contributed by atoms with Gasteiger partial charge in [-0.1, -0.05) is 60.7 Å². The normalized spacial score (nSPS) is 10.9. The van der Waals surface area contributed by atoms with Crippen LogP contribution in [0.4, 0.5) is 0 Å². The maximum atomic E-state index is 14.2. The Morgan fingerprint density at radius 2 is 1.54 bits per heavy atom. The van der Waals surface area contributed by atoms with E-state index in [4.69, 9.17) is 9.84 Å². The van der Waals surface area contributed by atoms with Crippen molar-refractivity contribution in [1.29, 1.82) is 0 Å². The minimum atomic E-state index is -0.0661. The average molecular weight is 491 g/mol. The minimum Gasteiger partial charge on any atom is -0.497 e. The molecule has 0 unspecified atom stereocenters. The number of aryl methyl sites for hydroxylation is 1. The number of nitrogens with zero attached hydrogens (tertiary/aromatic N) is 4. The molecule has 5 aromatic rings. The second kappa shape index (κ2) is 11.0. The molecule has 0 N–H and O–H groups in total. The zero-order valence-electron chi connectivity index (χ0n) is 21.1. The molecule has 6 nitrogen and oxygen atoms in total. The summed E-state index contributed by atoms with van der Waals surface area (Å²) in [5.41, 5.74) is 5.29. The van der Waals surface area contributed by atoms with Crippen molar-refractivity contribution in [2.75, 3.05) is 13.7 Å². The molecule has 0 aliphatic rings. The number of ether oxygens (including phenoxy) is 1. The van der Waals surface area contributed by atoms with Gasteiger partial charge in [-0.2, -0.15) is 5.10 Å². The Labute approximate surface area is 217 Å². The summed E-state index contributed by atoms with van der Waals surface area (Å²) in [6.45, 7) is 1.10. The van der Waals surface area contributed by atoms with E-state index in [9.17, 15) is 4.79 Å². The summed E-state index contributed by atoms with van der Waals surface area (Å²) in [5, 5.41) is 4.88. The minimum absolute atomic E-state index is 0.0661. The molecule has 0 spiro atoms. The second-order valence-corrected chi connectivity index (χ2v) is 8.98. The fourth-order valence-corrected chi connectivity index (χ4v) is 4.43. The average Bonchev–Trinajstić information content (AvgIpc) is 3.58. The second-order valence-electron chi connectivity index (χ2n) is 8.98. The molecule has 0 aliphatic heterocycles. The maximum absolute atomic E-state index is 14.2. The van der Waals surface area contributed by atoms with E-state index in [2.05, 4.69) is 24.3 Å². The molecule has 2 aromatic heterocycles. The van der Waals surface area contributed by atoms with Crippen molar-refractivity contribution in [3.63, 3.8) is 0 Å². The Balaban J connectivity index is 1.54. The van der Waals surface area contributed by atoms with E-state index in [-0.39, 0.29) is 5.91 Å². The van der Waals surface area contributed by atoms with Crippen LogP contribution in [0.5, 0.6) is 5.75 Å². The summed E-state index contributed by atoms with van der Waals surface area (Å²) >= 11 is 0. The summed E-state index contributed by atoms with van der Waals surface area (Å²) in [6, 6.07) is 33.8. The van der Waals surface area contributed by atoms with Gasteiger partial charge in [0.05, 0.1) is 18.5 Å². The van der Waals surface area contributed by atoms with E-state index in [0.717, 1.165) is 34.8 Å². The number of carbonyl (C=O) groups excluding carboxylic acids is 1. The van der Waals surface area contributed by atoms with E-state index in [0.29, 0.717) is 18.8 Å². The quantitative estimate of drug-likeness (QED) is 0.264. The van der Waals surface area contributed by atoms with Crippen LogP contribution in [-0.2, 0) is 20.0 Å². The Bertz CT molecular complexity index is 1450. The first kappa shape index (κ1) is 24.1. The predicted octanol–water partition coefficient (Wildman–Crippen LogP) is 5.77. The number of carbonyl (C=O) groups is 1. The van der Waals surface area contributed by atoms with E-state index >= 15 is 0 Å². The molecule has 0 saturated carbocycles. The van der Waals surface area contributed by atoms with Crippen LogP contribution in [0.25, 0.3) is 17.1 Å². The highest BCUT2D eigenvalue weighted by molar-refractivity contribution is 5.94. The highest BCUT2D eigenvalue weighted by Gasteiger charge is 2.24. The van der Waals surface area contributed by atoms with Crippen molar-refractivity contribution in [3.05, 3.63) is 126 Å². The van der Waals surface area contributed by atoms with Gasteiger partial charge < -0.3 is 14.2 Å². The molecule has 0 saturated heterocycles. The van der Waals surface area contributed by atoms with Crippen LogP contribution in [0.3, 0.4) is 0 Å². The van der Waals surface area contributed by atoms with E-state index in [1.807, 2.05) is 102 Å². The Morgan fingerprint density at radius 1 is 0.865 bits per heavy atom. The molecule has 2 heterocycles. The zero-order valence-corrected chi connectivity index (χ0v) is 21.1. The standard InChI is InChI=1S/C31H30N4O2/c1-33-20-9-14-29(33)28-22-30(35(32-28)26-15-17-27(37-2)18-16-26)31(36)34(23-25-12-7-4-8-13-25)21-19-24-10-5-3-6-11-24/h3-18,20,22H,19,21,23H2,1-2H3. The fraction of sp³-hybridized carbons (Fsp3) is 0.161. The topological polar surface area (TPSA) is 52.3 Å². The molecular formula is C31H30N4O2. The predicted molar refractivity (Wildman–Crippen MR) is 146 cm³/mol. The monoisotopic (exact) mass is 490 g/mol. The van der Waals surface area contributed by atoms with Gasteiger partial charge in [0.1, 0.15) is 17.1 Å². The fourth-order valence-electron chi connectivity index (χ4n) is 4.43. The van der Waals surface area contributed by atoms with Crippen LogP contribution in [0.15, 0.2) is 109 Å². The maximum Gasteiger partial charge on any atom is 0.272 e. The molecule has 3 aromatic carbocycles. The van der Waals surface area contributed by atoms with Gasteiger partial charge >= 0.3 is 0 Å². The first-order valence-electron chi connectivity index (χ1n) is 12.4. The summed E-state index contributed by atoms with van der Waals surface area (Å²) in [7, 11) is 3.62. The molecule has 37 heavy (non-hydrogen) atoms. The summed E-state index contributed by atoms with van der Waals surface area (Å²) in [5.74, 6) is 0.684. The first-order chi connectivity index (χ1) is 18.1. The third-order valence-electron chi connectivity index (χ3n) is 6.47. The van der Waals surface area contributed by atoms with Crippen LogP contribution < -0.4 is 4.74 Å². The number of hydrogen-bond donors (Lipinski definition) is 0. The molecule has 186 valence electrons. The largest absolute Gasteiger partial charge is 0.497 e. The van der Waals surface area contributed by atoms with Gasteiger partial charge in [-0.25, -0.2) is 4.68 Å². The third-order valence-corrected chi connectivity index (χ3v) is 6.47. The smallest absolute Gasteiger partial charge is 0.272 e. The SMILES string of the molecule is COc1ccc(-n2nc(-c3cccn3C)cc2C(=O)N(CCc2ccccc2)Cc2ccccc2)cc1. The Kier molecular flexibility index (Phi) is 7.17. The van der Waals surface area contributed by atoms with Gasteiger partial charge in [0.2, 0.25) is 0 Å². The number of aromatic nitrogens is 3. The third kappa shape index (κ3) is 5.48. The molecule has 0 aliphatic carbocycles. The summed E-state index contributed by atoms with van der Waals surface area (Å²) < 4.78 is 9.08. The lowest BCUT2D eigenvalue weighted by atomic mass is 10.1. The Morgan fingerprint density at radius 3 is 2.16 bits per heavy atom. The number of amides is 1. The highest BCUT2D eigenvalue weighted by Crippen LogP contribution is 2.25. The number of rotatable bonds is 9. The molecular weight excluding hydrogens is 460 g/mol. The van der Waals surface area contributed by atoms with Crippen molar-refractivity contribution in [3.8, 4) is 22.8 Å². The van der Waals surface area contributed by atoms with Crippen LogP contribution in [-0.4, -0.2) is 38.8 Å². The van der Waals surface area contributed by atoms with Gasteiger partial charge in [0.25, 0.3) is 5.91 Å². The zero-order chi connectivity index (χ0) is 25.6. The number of hydrogen-bond acceptors (Lipinski definition) is 3. The molecule has 0 atom stereocenters.